The maximum Gasteiger partial charge on any atom is 0.254 e. The lowest BCUT2D eigenvalue weighted by Gasteiger charge is -2.35. The van der Waals surface area contributed by atoms with Crippen molar-refractivity contribution in [1.29, 1.82) is 0 Å². The van der Waals surface area contributed by atoms with Crippen molar-refractivity contribution in [2.75, 3.05) is 66.6 Å². The van der Waals surface area contributed by atoms with Crippen molar-refractivity contribution in [3.05, 3.63) is 23.8 Å². The van der Waals surface area contributed by atoms with Crippen molar-refractivity contribution >= 4 is 11.8 Å². The molecule has 2 saturated heterocycles. The topological polar surface area (TPSA) is 71.6 Å². The number of methoxy groups -OCH3 is 2. The van der Waals surface area contributed by atoms with Crippen LogP contribution in [0.25, 0.3) is 0 Å². The average Bonchev–Trinajstić information content (AvgIpc) is 3.66. The van der Waals surface area contributed by atoms with Crippen LogP contribution in [0.4, 0.5) is 0 Å². The van der Waals surface area contributed by atoms with E-state index in [1.54, 1.807) is 32.4 Å². The minimum atomic E-state index is 0.0120. The molecule has 0 bridgehead atoms. The van der Waals surface area contributed by atoms with Crippen molar-refractivity contribution in [1.82, 2.24) is 14.7 Å². The van der Waals surface area contributed by atoms with Gasteiger partial charge in [0.1, 0.15) is 0 Å². The van der Waals surface area contributed by atoms with Crippen LogP contribution in [0.1, 0.15) is 29.6 Å². The number of carbonyl (C=O) groups excluding carboxylic acids is 2. The third-order valence-electron chi connectivity index (χ3n) is 6.35. The molecule has 0 radical (unpaired) electrons. The monoisotopic (exact) mass is 431 g/mol. The molecule has 1 unspecified atom stereocenters. The molecule has 3 fully saturated rings. The van der Waals surface area contributed by atoms with Gasteiger partial charge in [-0.15, -0.1) is 0 Å². The Morgan fingerprint density at radius 1 is 1.00 bits per heavy atom. The SMILES string of the molecule is COc1ccc(C(=O)N2CCCN(CC3CN(C(=O)C4CC4)CCO3)CC2)cc1OC. The minimum Gasteiger partial charge on any atom is -0.493 e. The first-order valence-corrected chi connectivity index (χ1v) is 11.2. The summed E-state index contributed by atoms with van der Waals surface area (Å²) in [5.41, 5.74) is 0.607. The van der Waals surface area contributed by atoms with Crippen molar-refractivity contribution in [2.24, 2.45) is 5.92 Å². The minimum absolute atomic E-state index is 0.0120. The van der Waals surface area contributed by atoms with Gasteiger partial charge in [-0.2, -0.15) is 0 Å². The molecule has 1 aromatic carbocycles. The first-order valence-electron chi connectivity index (χ1n) is 11.2. The van der Waals surface area contributed by atoms with Gasteiger partial charge < -0.3 is 24.0 Å². The summed E-state index contributed by atoms with van der Waals surface area (Å²) in [5.74, 6) is 1.74. The molecule has 1 saturated carbocycles. The highest BCUT2D eigenvalue weighted by Gasteiger charge is 2.36. The van der Waals surface area contributed by atoms with Crippen LogP contribution in [0.5, 0.6) is 11.5 Å². The van der Waals surface area contributed by atoms with E-state index in [-0.39, 0.29) is 17.9 Å². The van der Waals surface area contributed by atoms with Crippen LogP contribution in [0, 0.1) is 5.92 Å². The first kappa shape index (κ1) is 21.9. The lowest BCUT2D eigenvalue weighted by Crippen LogP contribution is -2.50. The van der Waals surface area contributed by atoms with E-state index in [2.05, 4.69) is 4.90 Å². The summed E-state index contributed by atoms with van der Waals surface area (Å²) in [7, 11) is 3.16. The van der Waals surface area contributed by atoms with Gasteiger partial charge in [0, 0.05) is 50.7 Å². The maximum atomic E-state index is 13.0. The molecule has 8 nitrogen and oxygen atoms in total. The fraction of sp³-hybridized carbons (Fsp3) is 0.652. The van der Waals surface area contributed by atoms with Crippen LogP contribution in [0.15, 0.2) is 18.2 Å². The van der Waals surface area contributed by atoms with E-state index in [4.69, 9.17) is 14.2 Å². The van der Waals surface area contributed by atoms with E-state index < -0.39 is 0 Å². The molecule has 1 atom stereocenters. The van der Waals surface area contributed by atoms with Gasteiger partial charge in [-0.05, 0) is 44.0 Å². The van der Waals surface area contributed by atoms with Crippen LogP contribution in [0.3, 0.4) is 0 Å². The highest BCUT2D eigenvalue weighted by atomic mass is 16.5. The fourth-order valence-corrected chi connectivity index (χ4v) is 4.41. The van der Waals surface area contributed by atoms with E-state index in [1.807, 2.05) is 9.80 Å². The van der Waals surface area contributed by atoms with Gasteiger partial charge in [-0.3, -0.25) is 14.5 Å². The van der Waals surface area contributed by atoms with Crippen LogP contribution >= 0.6 is 0 Å². The molecule has 31 heavy (non-hydrogen) atoms. The Kier molecular flexibility index (Phi) is 6.97. The number of benzene rings is 1. The molecule has 2 heterocycles. The summed E-state index contributed by atoms with van der Waals surface area (Å²) in [6, 6.07) is 5.30. The van der Waals surface area contributed by atoms with Gasteiger partial charge in [0.15, 0.2) is 11.5 Å². The summed E-state index contributed by atoms with van der Waals surface area (Å²) in [6.45, 7) is 5.92. The highest BCUT2D eigenvalue weighted by molar-refractivity contribution is 5.95. The summed E-state index contributed by atoms with van der Waals surface area (Å²) < 4.78 is 16.6. The predicted molar refractivity (Wildman–Crippen MR) is 116 cm³/mol. The van der Waals surface area contributed by atoms with Crippen LogP contribution in [-0.2, 0) is 9.53 Å². The zero-order valence-corrected chi connectivity index (χ0v) is 18.5. The molecule has 1 aliphatic carbocycles. The first-order chi connectivity index (χ1) is 15.1. The Morgan fingerprint density at radius 2 is 1.81 bits per heavy atom. The summed E-state index contributed by atoms with van der Waals surface area (Å²) >= 11 is 0. The highest BCUT2D eigenvalue weighted by Crippen LogP contribution is 2.31. The van der Waals surface area contributed by atoms with Crippen LogP contribution in [0.2, 0.25) is 0 Å². The van der Waals surface area contributed by atoms with Gasteiger partial charge in [0.25, 0.3) is 5.91 Å². The summed E-state index contributed by atoms with van der Waals surface area (Å²) in [4.78, 5) is 31.7. The van der Waals surface area contributed by atoms with Gasteiger partial charge in [0.2, 0.25) is 5.91 Å². The third kappa shape index (κ3) is 5.30. The van der Waals surface area contributed by atoms with Crippen LogP contribution < -0.4 is 9.47 Å². The quantitative estimate of drug-likeness (QED) is 0.680. The van der Waals surface area contributed by atoms with Crippen molar-refractivity contribution < 1.29 is 23.8 Å². The van der Waals surface area contributed by atoms with Gasteiger partial charge in [0.05, 0.1) is 26.9 Å². The molecule has 170 valence electrons. The molecule has 3 aliphatic rings. The normalized spacial score (nSPS) is 22.7. The molecule has 0 N–H and O–H groups in total. The molecule has 8 heteroatoms. The second-order valence-electron chi connectivity index (χ2n) is 8.57. The molecule has 1 aromatic rings. The maximum absolute atomic E-state index is 13.0. The number of amides is 2. The number of hydrogen-bond acceptors (Lipinski definition) is 6. The standard InChI is InChI=1S/C23H33N3O5/c1-29-20-7-6-18(14-21(20)30-2)23(28)25-9-3-8-24(10-11-25)15-19-16-26(12-13-31-19)22(27)17-4-5-17/h6-7,14,17,19H,3-5,8-13,15-16H2,1-2H3. The number of nitrogens with zero attached hydrogens (tertiary/aromatic N) is 3. The van der Waals surface area contributed by atoms with E-state index in [0.29, 0.717) is 49.2 Å². The molecule has 2 amide bonds. The molecule has 0 aromatic heterocycles. The second-order valence-corrected chi connectivity index (χ2v) is 8.57. The molecular formula is C23H33N3O5. The smallest absolute Gasteiger partial charge is 0.254 e. The predicted octanol–water partition coefficient (Wildman–Crippen LogP) is 1.49. The van der Waals surface area contributed by atoms with Gasteiger partial charge in [-0.1, -0.05) is 0 Å². The Bertz CT molecular complexity index is 797. The Hall–Kier alpha value is -2.32. The van der Waals surface area contributed by atoms with Crippen molar-refractivity contribution in [3.8, 4) is 11.5 Å². The number of rotatable bonds is 6. The van der Waals surface area contributed by atoms with Crippen molar-refractivity contribution in [2.45, 2.75) is 25.4 Å². The van der Waals surface area contributed by atoms with Gasteiger partial charge >= 0.3 is 0 Å². The Labute approximate surface area is 184 Å². The number of carbonyl (C=O) groups is 2. The van der Waals surface area contributed by atoms with E-state index in [0.717, 1.165) is 45.4 Å². The molecular weight excluding hydrogens is 398 g/mol. The Balaban J connectivity index is 1.31. The molecule has 0 spiro atoms. The molecule has 2 aliphatic heterocycles. The number of morpholine rings is 1. The summed E-state index contributed by atoms with van der Waals surface area (Å²) in [5, 5.41) is 0. The van der Waals surface area contributed by atoms with Crippen molar-refractivity contribution in [3.63, 3.8) is 0 Å². The number of ether oxygens (including phenoxy) is 3. The Morgan fingerprint density at radius 3 is 2.55 bits per heavy atom. The lowest BCUT2D eigenvalue weighted by atomic mass is 10.1. The summed E-state index contributed by atoms with van der Waals surface area (Å²) in [6.07, 6.45) is 3.04. The lowest BCUT2D eigenvalue weighted by molar-refractivity contribution is -0.140. The van der Waals surface area contributed by atoms with E-state index >= 15 is 0 Å². The largest absolute Gasteiger partial charge is 0.493 e. The zero-order valence-electron chi connectivity index (χ0n) is 18.5. The molecule has 4 rings (SSSR count). The van der Waals surface area contributed by atoms with E-state index in [9.17, 15) is 9.59 Å². The fourth-order valence-electron chi connectivity index (χ4n) is 4.41. The second kappa shape index (κ2) is 9.87. The number of hydrogen-bond donors (Lipinski definition) is 0. The van der Waals surface area contributed by atoms with E-state index in [1.165, 1.54) is 0 Å². The van der Waals surface area contributed by atoms with Gasteiger partial charge in [-0.25, -0.2) is 0 Å². The zero-order chi connectivity index (χ0) is 21.8. The third-order valence-corrected chi connectivity index (χ3v) is 6.35. The van der Waals surface area contributed by atoms with Crippen LogP contribution in [-0.4, -0.2) is 99.3 Å². The average molecular weight is 432 g/mol.